The number of imidazole rings is 1. The van der Waals surface area contributed by atoms with Crippen LogP contribution in [0.25, 0.3) is 33.5 Å². The molecular formula is C25H31N5O2. The van der Waals surface area contributed by atoms with E-state index in [9.17, 15) is 0 Å². The molecule has 0 bridgehead atoms. The quantitative estimate of drug-likeness (QED) is 0.440. The summed E-state index contributed by atoms with van der Waals surface area (Å²) in [5, 5.41) is 8.58. The Kier molecular flexibility index (Phi) is 5.51. The molecule has 1 saturated heterocycles. The summed E-state index contributed by atoms with van der Waals surface area (Å²) in [5.41, 5.74) is 4.89. The Morgan fingerprint density at radius 3 is 2.88 bits per heavy atom. The van der Waals surface area contributed by atoms with Crippen LogP contribution in [-0.4, -0.2) is 52.6 Å². The van der Waals surface area contributed by atoms with Crippen LogP contribution < -0.4 is 9.64 Å². The number of aromatic amines is 2. The number of fused-ring (bicyclic) bond motifs is 2. The molecule has 168 valence electrons. The van der Waals surface area contributed by atoms with E-state index < -0.39 is 0 Å². The average molecular weight is 434 g/mol. The van der Waals surface area contributed by atoms with Crippen LogP contribution in [0.3, 0.4) is 0 Å². The van der Waals surface area contributed by atoms with Crippen molar-refractivity contribution in [1.29, 1.82) is 0 Å². The first kappa shape index (κ1) is 20.8. The van der Waals surface area contributed by atoms with E-state index in [1.807, 2.05) is 18.2 Å². The van der Waals surface area contributed by atoms with Gasteiger partial charge in [0.25, 0.3) is 0 Å². The molecule has 3 heterocycles. The van der Waals surface area contributed by atoms with Gasteiger partial charge in [0.2, 0.25) is 0 Å². The van der Waals surface area contributed by atoms with Crippen molar-refractivity contribution >= 4 is 27.6 Å². The smallest absolute Gasteiger partial charge is 0.159 e. The molecule has 0 amide bonds. The molecule has 0 aliphatic carbocycles. The Balaban J connectivity index is 1.44. The van der Waals surface area contributed by atoms with E-state index in [0.29, 0.717) is 12.0 Å². The third kappa shape index (κ3) is 3.93. The zero-order valence-corrected chi connectivity index (χ0v) is 19.2. The highest BCUT2D eigenvalue weighted by Crippen LogP contribution is 2.31. The highest BCUT2D eigenvalue weighted by molar-refractivity contribution is 5.94. The highest BCUT2D eigenvalue weighted by atomic mass is 16.5. The first-order valence-electron chi connectivity index (χ1n) is 11.4. The summed E-state index contributed by atoms with van der Waals surface area (Å²) in [6, 6.07) is 12.7. The molecule has 32 heavy (non-hydrogen) atoms. The van der Waals surface area contributed by atoms with Crippen molar-refractivity contribution in [2.24, 2.45) is 5.92 Å². The van der Waals surface area contributed by atoms with Crippen LogP contribution in [0.5, 0.6) is 5.75 Å². The number of benzene rings is 2. The predicted octanol–water partition coefficient (Wildman–Crippen LogP) is 5.14. The van der Waals surface area contributed by atoms with E-state index in [0.717, 1.165) is 58.8 Å². The molecular weight excluding hydrogens is 402 g/mol. The second-order valence-corrected chi connectivity index (χ2v) is 9.20. The van der Waals surface area contributed by atoms with E-state index in [4.69, 9.17) is 14.5 Å². The van der Waals surface area contributed by atoms with Gasteiger partial charge in [0, 0.05) is 23.7 Å². The van der Waals surface area contributed by atoms with E-state index in [2.05, 4.69) is 59.1 Å². The van der Waals surface area contributed by atoms with E-state index in [1.165, 1.54) is 12.1 Å². The molecule has 4 aromatic rings. The van der Waals surface area contributed by atoms with Crippen LogP contribution in [0.15, 0.2) is 36.4 Å². The fourth-order valence-corrected chi connectivity index (χ4v) is 4.46. The number of nitrogens with one attached hydrogen (secondary N) is 2. The maximum atomic E-state index is 6.11. The lowest BCUT2D eigenvalue weighted by molar-refractivity contribution is 0.0149. The lowest BCUT2D eigenvalue weighted by Gasteiger charge is -2.40. The van der Waals surface area contributed by atoms with E-state index in [1.54, 1.807) is 7.11 Å². The summed E-state index contributed by atoms with van der Waals surface area (Å²) in [7, 11) is 1.67. The van der Waals surface area contributed by atoms with Crippen LogP contribution in [0.1, 0.15) is 33.6 Å². The number of nitrogens with zero attached hydrogens (tertiary/aromatic N) is 3. The number of hydrogen-bond donors (Lipinski definition) is 2. The lowest BCUT2D eigenvalue weighted by Crippen LogP contribution is -2.48. The number of ether oxygens (including phenoxy) is 2. The molecule has 0 unspecified atom stereocenters. The summed E-state index contributed by atoms with van der Waals surface area (Å²) in [6.45, 7) is 8.45. The van der Waals surface area contributed by atoms with E-state index >= 15 is 0 Å². The lowest BCUT2D eigenvalue weighted by atomic mass is 10.0. The topological polar surface area (TPSA) is 79.1 Å². The standard InChI is InChI=1S/C25H31N5O2/c1-15(2)5-7-19-13-30(16(3)14-32-19)17-6-9-22-23(11-17)27-25(26-22)24-20-12-18(31-4)8-10-21(20)28-29-24/h6,8-12,15-16,19H,5,7,13-14H2,1-4H3,(H,26,27)(H,28,29)/t16-,19-/m0/s1. The Labute approximate surface area is 188 Å². The largest absolute Gasteiger partial charge is 0.497 e. The number of H-pyrrole nitrogens is 2. The summed E-state index contributed by atoms with van der Waals surface area (Å²) >= 11 is 0. The van der Waals surface area contributed by atoms with Crippen molar-refractivity contribution in [1.82, 2.24) is 20.2 Å². The Morgan fingerprint density at radius 2 is 2.06 bits per heavy atom. The fraction of sp³-hybridized carbons (Fsp3) is 0.440. The molecule has 7 heteroatoms. The van der Waals surface area contributed by atoms with Crippen molar-refractivity contribution < 1.29 is 9.47 Å². The van der Waals surface area contributed by atoms with Gasteiger partial charge in [0.05, 0.1) is 36.4 Å². The monoisotopic (exact) mass is 433 g/mol. The number of morpholine rings is 1. The van der Waals surface area contributed by atoms with Gasteiger partial charge in [-0.05, 0) is 62.1 Å². The molecule has 1 aliphatic rings. The average Bonchev–Trinajstić information content (AvgIpc) is 3.41. The minimum absolute atomic E-state index is 0.284. The second kappa shape index (κ2) is 8.47. The summed E-state index contributed by atoms with van der Waals surface area (Å²) in [4.78, 5) is 10.8. The van der Waals surface area contributed by atoms with Gasteiger partial charge < -0.3 is 19.4 Å². The third-order valence-electron chi connectivity index (χ3n) is 6.36. The highest BCUT2D eigenvalue weighted by Gasteiger charge is 2.26. The minimum Gasteiger partial charge on any atom is -0.497 e. The van der Waals surface area contributed by atoms with Gasteiger partial charge in [-0.25, -0.2) is 4.98 Å². The van der Waals surface area contributed by atoms with Gasteiger partial charge >= 0.3 is 0 Å². The molecule has 2 aromatic carbocycles. The first-order valence-corrected chi connectivity index (χ1v) is 11.4. The molecule has 5 rings (SSSR count). The Hall–Kier alpha value is -3.06. The van der Waals surface area contributed by atoms with E-state index in [-0.39, 0.29) is 6.10 Å². The van der Waals surface area contributed by atoms with Crippen molar-refractivity contribution in [2.75, 3.05) is 25.2 Å². The SMILES string of the molecule is COc1ccc2[nH]nc(-c3nc4ccc(N5C[C@H](CCC(C)C)OC[C@@H]5C)cc4[nH]3)c2c1. The predicted molar refractivity (Wildman–Crippen MR) is 128 cm³/mol. The van der Waals surface area contributed by atoms with Crippen LogP contribution in [-0.2, 0) is 4.74 Å². The fourth-order valence-electron chi connectivity index (χ4n) is 4.46. The first-order chi connectivity index (χ1) is 15.5. The maximum absolute atomic E-state index is 6.11. The second-order valence-electron chi connectivity index (χ2n) is 9.20. The molecule has 2 aromatic heterocycles. The van der Waals surface area contributed by atoms with Crippen molar-refractivity contribution in [3.05, 3.63) is 36.4 Å². The molecule has 0 saturated carbocycles. The maximum Gasteiger partial charge on any atom is 0.159 e. The molecule has 2 atom stereocenters. The van der Waals surface area contributed by atoms with Crippen molar-refractivity contribution in [2.45, 2.75) is 45.8 Å². The summed E-state index contributed by atoms with van der Waals surface area (Å²) < 4.78 is 11.5. The molecule has 2 N–H and O–H groups in total. The number of hydrogen-bond acceptors (Lipinski definition) is 5. The third-order valence-corrected chi connectivity index (χ3v) is 6.36. The Bertz CT molecular complexity index is 1230. The number of methoxy groups -OCH3 is 1. The molecule has 0 spiro atoms. The zero-order valence-electron chi connectivity index (χ0n) is 19.2. The van der Waals surface area contributed by atoms with Gasteiger partial charge in [0.15, 0.2) is 5.82 Å². The van der Waals surface area contributed by atoms with Crippen LogP contribution in [0, 0.1) is 5.92 Å². The molecule has 7 nitrogen and oxygen atoms in total. The normalized spacial score (nSPS) is 19.3. The van der Waals surface area contributed by atoms with Gasteiger partial charge in [-0.15, -0.1) is 0 Å². The van der Waals surface area contributed by atoms with Gasteiger partial charge in [-0.1, -0.05) is 13.8 Å². The van der Waals surface area contributed by atoms with Crippen LogP contribution >= 0.6 is 0 Å². The minimum atomic E-state index is 0.284. The van der Waals surface area contributed by atoms with Gasteiger partial charge in [-0.2, -0.15) is 5.10 Å². The summed E-state index contributed by atoms with van der Waals surface area (Å²) in [5.74, 6) is 2.25. The molecule has 1 aliphatic heterocycles. The number of rotatable bonds is 6. The molecule has 0 radical (unpaired) electrons. The van der Waals surface area contributed by atoms with Crippen molar-refractivity contribution in [3.63, 3.8) is 0 Å². The van der Waals surface area contributed by atoms with Gasteiger partial charge in [0.1, 0.15) is 11.4 Å². The van der Waals surface area contributed by atoms with Crippen molar-refractivity contribution in [3.8, 4) is 17.3 Å². The zero-order chi connectivity index (χ0) is 22.2. The molecule has 1 fully saturated rings. The number of aromatic nitrogens is 4. The van der Waals surface area contributed by atoms with Crippen LogP contribution in [0.2, 0.25) is 0 Å². The van der Waals surface area contributed by atoms with Crippen LogP contribution in [0.4, 0.5) is 5.69 Å². The summed E-state index contributed by atoms with van der Waals surface area (Å²) in [6.07, 6.45) is 2.58. The Morgan fingerprint density at radius 1 is 1.19 bits per heavy atom. The van der Waals surface area contributed by atoms with Gasteiger partial charge in [-0.3, -0.25) is 5.10 Å². The number of anilines is 1.